The summed E-state index contributed by atoms with van der Waals surface area (Å²) in [5.74, 6) is 0.943. The molecule has 1 N–H and O–H groups in total. The fourth-order valence-electron chi connectivity index (χ4n) is 3.38. The highest BCUT2D eigenvalue weighted by molar-refractivity contribution is 6.05. The fraction of sp³-hybridized carbons (Fsp3) is 0.136. The molecule has 0 saturated heterocycles. The van der Waals surface area contributed by atoms with Gasteiger partial charge >= 0.3 is 0 Å². The molecule has 0 aliphatic heterocycles. The molecule has 4 rings (SSSR count). The smallest absolute Gasteiger partial charge is 0.255 e. The first kappa shape index (κ1) is 16.2. The number of benzene rings is 3. The molecule has 0 unspecified atom stereocenters. The van der Waals surface area contributed by atoms with Crippen molar-refractivity contribution in [1.29, 1.82) is 0 Å². The molecule has 0 aromatic heterocycles. The first-order valence-corrected chi connectivity index (χ1v) is 8.44. The van der Waals surface area contributed by atoms with Gasteiger partial charge in [-0.15, -0.1) is 0 Å². The molecule has 4 nitrogen and oxygen atoms in total. The molecule has 1 aliphatic rings. The van der Waals surface area contributed by atoms with E-state index in [2.05, 4.69) is 29.6 Å². The van der Waals surface area contributed by atoms with Crippen LogP contribution in [0.2, 0.25) is 0 Å². The van der Waals surface area contributed by atoms with Crippen LogP contribution in [0.3, 0.4) is 0 Å². The Morgan fingerprint density at radius 2 is 1.62 bits per heavy atom. The molecule has 26 heavy (non-hydrogen) atoms. The second kappa shape index (κ2) is 6.56. The molecule has 3 aromatic carbocycles. The number of hydrogen-bond donors (Lipinski definition) is 1. The zero-order chi connectivity index (χ0) is 18.1. The summed E-state index contributed by atoms with van der Waals surface area (Å²) in [5.41, 5.74) is 6.33. The SMILES string of the molecule is COc1ccc(C(=O)Nc2ccc3c(c2)-c2ccccc2C3)cc1OC. The van der Waals surface area contributed by atoms with Crippen LogP contribution in [-0.4, -0.2) is 20.1 Å². The average molecular weight is 345 g/mol. The van der Waals surface area contributed by atoms with Crippen LogP contribution in [0.5, 0.6) is 11.5 Å². The van der Waals surface area contributed by atoms with Crippen LogP contribution in [0.1, 0.15) is 21.5 Å². The Labute approximate surface area is 152 Å². The summed E-state index contributed by atoms with van der Waals surface area (Å²) in [4.78, 5) is 12.6. The van der Waals surface area contributed by atoms with Crippen LogP contribution in [0, 0.1) is 0 Å². The number of ether oxygens (including phenoxy) is 2. The molecule has 3 aromatic rings. The average Bonchev–Trinajstić information content (AvgIpc) is 3.05. The first-order chi connectivity index (χ1) is 12.7. The van der Waals surface area contributed by atoms with E-state index in [1.54, 1.807) is 32.4 Å². The highest BCUT2D eigenvalue weighted by atomic mass is 16.5. The number of fused-ring (bicyclic) bond motifs is 3. The van der Waals surface area contributed by atoms with Crippen molar-refractivity contribution in [3.8, 4) is 22.6 Å². The number of hydrogen-bond acceptors (Lipinski definition) is 3. The standard InChI is InChI=1S/C22H19NO3/c1-25-20-10-8-16(12-21(20)26-2)22(24)23-17-9-7-15-11-14-5-3-4-6-18(14)19(15)13-17/h3-10,12-13H,11H2,1-2H3,(H,23,24). The minimum atomic E-state index is -0.183. The molecule has 0 radical (unpaired) electrons. The van der Waals surface area contributed by atoms with E-state index in [0.29, 0.717) is 17.1 Å². The molecule has 4 heteroatoms. The first-order valence-electron chi connectivity index (χ1n) is 8.44. The van der Waals surface area contributed by atoms with Crippen LogP contribution in [0.15, 0.2) is 60.7 Å². The van der Waals surface area contributed by atoms with Gasteiger partial charge in [0, 0.05) is 11.3 Å². The summed E-state index contributed by atoms with van der Waals surface area (Å²) in [6.07, 6.45) is 0.940. The monoisotopic (exact) mass is 345 g/mol. The van der Waals surface area contributed by atoms with Gasteiger partial charge in [0.15, 0.2) is 11.5 Å². The third-order valence-corrected chi connectivity index (χ3v) is 4.70. The van der Waals surface area contributed by atoms with E-state index >= 15 is 0 Å². The van der Waals surface area contributed by atoms with Crippen molar-refractivity contribution in [1.82, 2.24) is 0 Å². The quantitative estimate of drug-likeness (QED) is 0.591. The zero-order valence-electron chi connectivity index (χ0n) is 14.7. The summed E-state index contributed by atoms with van der Waals surface area (Å²) in [5, 5.41) is 2.97. The molecule has 0 fully saturated rings. The second-order valence-corrected chi connectivity index (χ2v) is 6.23. The van der Waals surface area contributed by atoms with Crippen molar-refractivity contribution in [3.63, 3.8) is 0 Å². The van der Waals surface area contributed by atoms with Crippen molar-refractivity contribution in [2.24, 2.45) is 0 Å². The highest BCUT2D eigenvalue weighted by Gasteiger charge is 2.18. The molecular formula is C22H19NO3. The van der Waals surface area contributed by atoms with Gasteiger partial charge in [-0.1, -0.05) is 30.3 Å². The van der Waals surface area contributed by atoms with Gasteiger partial charge in [0.2, 0.25) is 0 Å². The molecule has 0 bridgehead atoms. The molecular weight excluding hydrogens is 326 g/mol. The van der Waals surface area contributed by atoms with Gasteiger partial charge in [-0.3, -0.25) is 4.79 Å². The van der Waals surface area contributed by atoms with E-state index in [1.807, 2.05) is 18.2 Å². The Morgan fingerprint density at radius 3 is 2.42 bits per heavy atom. The van der Waals surface area contributed by atoms with Gasteiger partial charge in [-0.2, -0.15) is 0 Å². The van der Waals surface area contributed by atoms with Crippen molar-refractivity contribution in [3.05, 3.63) is 77.4 Å². The predicted molar refractivity (Wildman–Crippen MR) is 102 cm³/mol. The Morgan fingerprint density at radius 1 is 0.846 bits per heavy atom. The minimum Gasteiger partial charge on any atom is -0.493 e. The Hall–Kier alpha value is -3.27. The van der Waals surface area contributed by atoms with Gasteiger partial charge in [-0.25, -0.2) is 0 Å². The van der Waals surface area contributed by atoms with Crippen molar-refractivity contribution >= 4 is 11.6 Å². The third kappa shape index (κ3) is 2.80. The van der Waals surface area contributed by atoms with Crippen LogP contribution < -0.4 is 14.8 Å². The summed E-state index contributed by atoms with van der Waals surface area (Å²) in [6, 6.07) is 19.6. The number of rotatable bonds is 4. The Balaban J connectivity index is 1.60. The summed E-state index contributed by atoms with van der Waals surface area (Å²) >= 11 is 0. The maximum atomic E-state index is 12.6. The zero-order valence-corrected chi connectivity index (χ0v) is 14.7. The minimum absolute atomic E-state index is 0.183. The number of nitrogens with one attached hydrogen (secondary N) is 1. The van der Waals surface area contributed by atoms with Gasteiger partial charge in [0.1, 0.15) is 0 Å². The topological polar surface area (TPSA) is 47.6 Å². The molecule has 0 heterocycles. The predicted octanol–water partition coefficient (Wildman–Crippen LogP) is 4.53. The van der Waals surface area contributed by atoms with E-state index in [1.165, 1.54) is 22.3 Å². The Bertz CT molecular complexity index is 994. The third-order valence-electron chi connectivity index (χ3n) is 4.70. The van der Waals surface area contributed by atoms with E-state index in [4.69, 9.17) is 9.47 Å². The number of carbonyl (C=O) groups is 1. The molecule has 1 aliphatic carbocycles. The maximum Gasteiger partial charge on any atom is 0.255 e. The van der Waals surface area contributed by atoms with E-state index in [0.717, 1.165) is 12.1 Å². The van der Waals surface area contributed by atoms with Crippen LogP contribution in [-0.2, 0) is 6.42 Å². The number of carbonyl (C=O) groups excluding carboxylic acids is 1. The molecule has 0 spiro atoms. The lowest BCUT2D eigenvalue weighted by molar-refractivity contribution is 0.102. The second-order valence-electron chi connectivity index (χ2n) is 6.23. The lowest BCUT2D eigenvalue weighted by atomic mass is 10.1. The summed E-state index contributed by atoms with van der Waals surface area (Å²) in [6.45, 7) is 0. The lowest BCUT2D eigenvalue weighted by Crippen LogP contribution is -2.12. The van der Waals surface area contributed by atoms with Crippen molar-refractivity contribution in [2.75, 3.05) is 19.5 Å². The van der Waals surface area contributed by atoms with E-state index in [9.17, 15) is 4.79 Å². The van der Waals surface area contributed by atoms with E-state index in [-0.39, 0.29) is 5.91 Å². The number of methoxy groups -OCH3 is 2. The van der Waals surface area contributed by atoms with Crippen molar-refractivity contribution in [2.45, 2.75) is 6.42 Å². The fourth-order valence-corrected chi connectivity index (χ4v) is 3.38. The van der Waals surface area contributed by atoms with Gasteiger partial charge < -0.3 is 14.8 Å². The molecule has 1 amide bonds. The lowest BCUT2D eigenvalue weighted by Gasteiger charge is -2.11. The maximum absolute atomic E-state index is 12.6. The Kier molecular flexibility index (Phi) is 4.09. The van der Waals surface area contributed by atoms with E-state index < -0.39 is 0 Å². The van der Waals surface area contributed by atoms with Crippen LogP contribution >= 0.6 is 0 Å². The number of amides is 1. The molecule has 0 saturated carbocycles. The van der Waals surface area contributed by atoms with Gasteiger partial charge in [0.05, 0.1) is 14.2 Å². The van der Waals surface area contributed by atoms with Crippen LogP contribution in [0.4, 0.5) is 5.69 Å². The summed E-state index contributed by atoms with van der Waals surface area (Å²) < 4.78 is 10.5. The van der Waals surface area contributed by atoms with Crippen molar-refractivity contribution < 1.29 is 14.3 Å². The van der Waals surface area contributed by atoms with Crippen LogP contribution in [0.25, 0.3) is 11.1 Å². The largest absolute Gasteiger partial charge is 0.493 e. The number of anilines is 1. The van der Waals surface area contributed by atoms with Gasteiger partial charge in [-0.05, 0) is 59.0 Å². The highest BCUT2D eigenvalue weighted by Crippen LogP contribution is 2.38. The molecule has 130 valence electrons. The normalized spacial score (nSPS) is 11.5. The molecule has 0 atom stereocenters. The summed E-state index contributed by atoms with van der Waals surface area (Å²) in [7, 11) is 3.12. The van der Waals surface area contributed by atoms with Gasteiger partial charge in [0.25, 0.3) is 5.91 Å².